The van der Waals surface area contributed by atoms with Gasteiger partial charge in [0.05, 0.1) is 0 Å². The van der Waals surface area contributed by atoms with E-state index in [2.05, 4.69) is 223 Å². The lowest BCUT2D eigenvalue weighted by Crippen LogP contribution is -2.18. The molecule has 0 bridgehead atoms. The predicted octanol–water partition coefficient (Wildman–Crippen LogP) is 13.6. The third-order valence-electron chi connectivity index (χ3n) is 9.00. The summed E-state index contributed by atoms with van der Waals surface area (Å²) in [6.07, 6.45) is 11.2. The van der Waals surface area contributed by atoms with E-state index in [1.807, 2.05) is 0 Å². The van der Waals surface area contributed by atoms with Crippen LogP contribution < -0.4 is 9.80 Å². The lowest BCUT2D eigenvalue weighted by molar-refractivity contribution is 0.516. The molecular formula is C47H52N2. The van der Waals surface area contributed by atoms with Crippen molar-refractivity contribution >= 4 is 40.6 Å². The standard InChI is InChI=1S/C47H52N2/c1-9-39(46(3,4)5)17-15-35-48(42-33-27-40(28-34-42)47(6,7)8)41-29-23-37(24-30-41)21-22-38-25-31-44(32-26-38)49(43-18-11-10-12-19-43)45-20-14-13-16-36(45)2/h9-34H,35H2,1-8H3. The minimum Gasteiger partial charge on any atom is -0.338 e. The van der Waals surface area contributed by atoms with Crippen LogP contribution in [0.3, 0.4) is 0 Å². The smallest absolute Gasteiger partial charge is 0.0490 e. The second-order valence-corrected chi connectivity index (χ2v) is 14.8. The molecule has 49 heavy (non-hydrogen) atoms. The fourth-order valence-electron chi connectivity index (χ4n) is 6.08. The number of anilines is 5. The molecule has 2 heteroatoms. The van der Waals surface area contributed by atoms with Crippen molar-refractivity contribution in [3.05, 3.63) is 173 Å². The number of hydrogen-bond donors (Lipinski definition) is 0. The van der Waals surface area contributed by atoms with E-state index in [1.165, 1.54) is 39.3 Å². The molecule has 0 atom stereocenters. The monoisotopic (exact) mass is 644 g/mol. The van der Waals surface area contributed by atoms with Gasteiger partial charge in [-0.2, -0.15) is 0 Å². The maximum atomic E-state index is 2.39. The zero-order chi connectivity index (χ0) is 35.0. The van der Waals surface area contributed by atoms with Crippen molar-refractivity contribution in [1.82, 2.24) is 0 Å². The summed E-state index contributed by atoms with van der Waals surface area (Å²) in [5.41, 5.74) is 12.3. The minimum absolute atomic E-state index is 0.112. The maximum absolute atomic E-state index is 2.39. The van der Waals surface area contributed by atoms with E-state index in [0.717, 1.165) is 23.5 Å². The molecule has 5 rings (SSSR count). The number of aryl methyl sites for hydroxylation is 1. The molecule has 0 aliphatic rings. The topological polar surface area (TPSA) is 6.48 Å². The first-order chi connectivity index (χ1) is 23.4. The fraction of sp³-hybridized carbons (Fsp3) is 0.234. The Kier molecular flexibility index (Phi) is 11.1. The second kappa shape index (κ2) is 15.4. The Morgan fingerprint density at radius 2 is 1.06 bits per heavy atom. The summed E-state index contributed by atoms with van der Waals surface area (Å²) in [5, 5.41) is 0. The lowest BCUT2D eigenvalue weighted by atomic mass is 9.86. The highest BCUT2D eigenvalue weighted by Crippen LogP contribution is 2.36. The van der Waals surface area contributed by atoms with Gasteiger partial charge in [-0.1, -0.05) is 145 Å². The van der Waals surface area contributed by atoms with Crippen molar-refractivity contribution in [2.45, 2.75) is 60.8 Å². The molecule has 0 unspecified atom stereocenters. The molecule has 0 saturated carbocycles. The summed E-state index contributed by atoms with van der Waals surface area (Å²) in [6, 6.07) is 45.8. The van der Waals surface area contributed by atoms with Crippen LogP contribution in [-0.2, 0) is 5.41 Å². The van der Waals surface area contributed by atoms with E-state index in [-0.39, 0.29) is 10.8 Å². The van der Waals surface area contributed by atoms with E-state index in [1.54, 1.807) is 0 Å². The van der Waals surface area contributed by atoms with Crippen LogP contribution in [0.25, 0.3) is 12.2 Å². The molecular weight excluding hydrogens is 593 g/mol. The van der Waals surface area contributed by atoms with Crippen LogP contribution in [0.4, 0.5) is 28.4 Å². The molecule has 0 heterocycles. The van der Waals surface area contributed by atoms with Crippen molar-refractivity contribution in [2.24, 2.45) is 5.41 Å². The van der Waals surface area contributed by atoms with Gasteiger partial charge < -0.3 is 9.80 Å². The van der Waals surface area contributed by atoms with Crippen molar-refractivity contribution in [3.8, 4) is 0 Å². The van der Waals surface area contributed by atoms with E-state index in [0.29, 0.717) is 0 Å². The quantitative estimate of drug-likeness (QED) is 0.110. The summed E-state index contributed by atoms with van der Waals surface area (Å²) >= 11 is 0. The first-order valence-electron chi connectivity index (χ1n) is 17.4. The Morgan fingerprint density at radius 3 is 1.57 bits per heavy atom. The van der Waals surface area contributed by atoms with Crippen LogP contribution >= 0.6 is 0 Å². The molecule has 5 aromatic rings. The van der Waals surface area contributed by atoms with Gasteiger partial charge in [0, 0.05) is 35.0 Å². The normalized spacial score (nSPS) is 12.5. The van der Waals surface area contributed by atoms with Crippen LogP contribution in [0.2, 0.25) is 0 Å². The minimum atomic E-state index is 0.112. The first-order valence-corrected chi connectivity index (χ1v) is 17.4. The molecule has 0 fully saturated rings. The largest absolute Gasteiger partial charge is 0.338 e. The highest BCUT2D eigenvalue weighted by atomic mass is 15.1. The summed E-state index contributed by atoms with van der Waals surface area (Å²) < 4.78 is 0. The van der Waals surface area contributed by atoms with Gasteiger partial charge in [-0.3, -0.25) is 0 Å². The van der Waals surface area contributed by atoms with Crippen LogP contribution in [-0.4, -0.2) is 6.54 Å². The van der Waals surface area contributed by atoms with Crippen LogP contribution in [0, 0.1) is 12.3 Å². The molecule has 0 aliphatic heterocycles. The summed E-state index contributed by atoms with van der Waals surface area (Å²) in [7, 11) is 0. The molecule has 0 saturated heterocycles. The zero-order valence-electron chi connectivity index (χ0n) is 30.6. The Labute approximate surface area is 295 Å². The van der Waals surface area contributed by atoms with Gasteiger partial charge in [0.15, 0.2) is 0 Å². The van der Waals surface area contributed by atoms with E-state index >= 15 is 0 Å². The molecule has 0 spiro atoms. The first kappa shape index (κ1) is 35.2. The van der Waals surface area contributed by atoms with Gasteiger partial charge in [-0.25, -0.2) is 0 Å². The third-order valence-corrected chi connectivity index (χ3v) is 9.00. The average molecular weight is 645 g/mol. The number of allylic oxidation sites excluding steroid dienone is 3. The predicted molar refractivity (Wildman–Crippen MR) is 216 cm³/mol. The number of hydrogen-bond acceptors (Lipinski definition) is 2. The van der Waals surface area contributed by atoms with E-state index in [9.17, 15) is 0 Å². The van der Waals surface area contributed by atoms with Gasteiger partial charge >= 0.3 is 0 Å². The Balaban J connectivity index is 1.36. The van der Waals surface area contributed by atoms with Crippen molar-refractivity contribution in [3.63, 3.8) is 0 Å². The lowest BCUT2D eigenvalue weighted by Gasteiger charge is -2.27. The number of nitrogens with zero attached hydrogens (tertiary/aromatic N) is 2. The van der Waals surface area contributed by atoms with Gasteiger partial charge in [-0.05, 0) is 107 Å². The summed E-state index contributed by atoms with van der Waals surface area (Å²) in [5.74, 6) is 0. The van der Waals surface area contributed by atoms with Crippen molar-refractivity contribution < 1.29 is 0 Å². The molecule has 2 nitrogen and oxygen atoms in total. The average Bonchev–Trinajstić information content (AvgIpc) is 3.09. The highest BCUT2D eigenvalue weighted by molar-refractivity contribution is 5.79. The van der Waals surface area contributed by atoms with Gasteiger partial charge in [0.1, 0.15) is 0 Å². The highest BCUT2D eigenvalue weighted by Gasteiger charge is 2.17. The zero-order valence-corrected chi connectivity index (χ0v) is 30.6. The molecule has 0 radical (unpaired) electrons. The van der Waals surface area contributed by atoms with Crippen molar-refractivity contribution in [1.29, 1.82) is 0 Å². The second-order valence-electron chi connectivity index (χ2n) is 14.8. The van der Waals surface area contributed by atoms with E-state index < -0.39 is 0 Å². The third kappa shape index (κ3) is 9.09. The Bertz CT molecular complexity index is 1880. The van der Waals surface area contributed by atoms with Crippen LogP contribution in [0.15, 0.2) is 151 Å². The molecule has 0 aromatic heterocycles. The van der Waals surface area contributed by atoms with Gasteiger partial charge in [0.2, 0.25) is 0 Å². The van der Waals surface area contributed by atoms with E-state index in [4.69, 9.17) is 0 Å². The summed E-state index contributed by atoms with van der Waals surface area (Å²) in [6.45, 7) is 18.7. The SMILES string of the molecule is CC=C(C=CCN(c1ccc(C=Cc2ccc(N(c3ccccc3)c3ccccc3C)cc2)cc1)c1ccc(C(C)(C)C)cc1)C(C)(C)C. The van der Waals surface area contributed by atoms with Crippen LogP contribution in [0.5, 0.6) is 0 Å². The summed E-state index contributed by atoms with van der Waals surface area (Å²) in [4.78, 5) is 4.71. The number of para-hydroxylation sites is 2. The Morgan fingerprint density at radius 1 is 0.571 bits per heavy atom. The molecule has 0 amide bonds. The van der Waals surface area contributed by atoms with Crippen molar-refractivity contribution in [2.75, 3.05) is 16.3 Å². The van der Waals surface area contributed by atoms with Crippen LogP contribution in [0.1, 0.15) is 70.7 Å². The molecule has 0 aliphatic carbocycles. The van der Waals surface area contributed by atoms with Gasteiger partial charge in [-0.15, -0.1) is 0 Å². The molecule has 250 valence electrons. The van der Waals surface area contributed by atoms with Gasteiger partial charge in [0.25, 0.3) is 0 Å². The number of benzene rings is 5. The number of rotatable bonds is 10. The molecule has 5 aromatic carbocycles. The fourth-order valence-corrected chi connectivity index (χ4v) is 6.08. The Hall–Kier alpha value is -5.08. The maximum Gasteiger partial charge on any atom is 0.0490 e. The molecule has 0 N–H and O–H groups in total.